The number of anilines is 2. The summed E-state index contributed by atoms with van der Waals surface area (Å²) < 4.78 is 4.62. The Bertz CT molecular complexity index is 2490. The number of benzene rings is 6. The monoisotopic (exact) mass is 595 g/mol. The molecule has 0 saturated heterocycles. The molecule has 0 amide bonds. The molecular weight excluding hydrogens is 562 g/mol. The minimum atomic E-state index is 0.631. The fourth-order valence-electron chi connectivity index (χ4n) is 6.81. The van der Waals surface area contributed by atoms with Gasteiger partial charge in [-0.05, 0) is 90.0 Å². The van der Waals surface area contributed by atoms with Crippen molar-refractivity contribution in [1.29, 1.82) is 5.26 Å². The second-order valence-corrected chi connectivity index (χ2v) is 12.3. The van der Waals surface area contributed by atoms with E-state index in [4.69, 9.17) is 0 Å². The Morgan fingerprint density at radius 3 is 1.48 bits per heavy atom. The number of para-hydroxylation sites is 2. The van der Waals surface area contributed by atoms with E-state index in [0.29, 0.717) is 5.56 Å². The molecule has 0 bridgehead atoms. The molecule has 0 aliphatic carbocycles. The van der Waals surface area contributed by atoms with Crippen LogP contribution in [0.3, 0.4) is 0 Å². The molecule has 0 N–H and O–H groups in total. The largest absolute Gasteiger partial charge is 0.378 e. The van der Waals surface area contributed by atoms with Crippen LogP contribution >= 0.6 is 0 Å². The fourth-order valence-corrected chi connectivity index (χ4v) is 6.81. The zero-order valence-electron chi connectivity index (χ0n) is 26.4. The van der Waals surface area contributed by atoms with Gasteiger partial charge in [-0.15, -0.1) is 0 Å². The van der Waals surface area contributed by atoms with Crippen molar-refractivity contribution in [2.75, 3.05) is 38.0 Å². The quantitative estimate of drug-likeness (QED) is 0.199. The van der Waals surface area contributed by atoms with Crippen molar-refractivity contribution in [3.63, 3.8) is 0 Å². The molecule has 2 heterocycles. The van der Waals surface area contributed by atoms with Crippen LogP contribution in [0.25, 0.3) is 66.1 Å². The summed E-state index contributed by atoms with van der Waals surface area (Å²) >= 11 is 0. The minimum absolute atomic E-state index is 0.631. The summed E-state index contributed by atoms with van der Waals surface area (Å²) in [5, 5.41) is 15.0. The van der Waals surface area contributed by atoms with Crippen LogP contribution in [0.5, 0.6) is 0 Å². The third-order valence-electron chi connectivity index (χ3n) is 9.11. The number of aromatic nitrogens is 2. The van der Waals surface area contributed by atoms with Crippen LogP contribution in [0.15, 0.2) is 127 Å². The molecule has 5 heteroatoms. The highest BCUT2D eigenvalue weighted by atomic mass is 15.1. The summed E-state index contributed by atoms with van der Waals surface area (Å²) in [6.07, 6.45) is 0. The highest BCUT2D eigenvalue weighted by molar-refractivity contribution is 6.11. The summed E-state index contributed by atoms with van der Waals surface area (Å²) in [5.74, 6) is 0. The molecule has 8 rings (SSSR count). The predicted octanol–water partition coefficient (Wildman–Crippen LogP) is 9.55. The van der Waals surface area contributed by atoms with Gasteiger partial charge in [0.25, 0.3) is 0 Å². The Labute approximate surface area is 268 Å². The van der Waals surface area contributed by atoms with Gasteiger partial charge in [-0.1, -0.05) is 48.5 Å². The molecule has 0 aliphatic heterocycles. The lowest BCUT2D eigenvalue weighted by Crippen LogP contribution is -2.08. The lowest BCUT2D eigenvalue weighted by molar-refractivity contribution is 1.13. The normalized spacial score (nSPS) is 11.5. The van der Waals surface area contributed by atoms with Crippen LogP contribution in [-0.2, 0) is 0 Å². The SMILES string of the molecule is CN(C)c1ccc2c(c1)c1ccccc1n2-c1ccc(-c2cc(C#N)cc(-n3c4ccccc4c4cc(N(C)C)ccc43)c2)cc1. The fraction of sp³-hybridized carbons (Fsp3) is 0.0976. The Kier molecular flexibility index (Phi) is 6.33. The summed E-state index contributed by atoms with van der Waals surface area (Å²) in [4.78, 5) is 4.27. The van der Waals surface area contributed by atoms with Gasteiger partial charge in [0.05, 0.1) is 33.7 Å². The standard InChI is InChI=1S/C41H33N5/c1-43(2)31-17-19-40-36(24-31)34-9-5-7-11-38(34)45(40)30-15-13-28(14-16-30)29-21-27(26-42)22-33(23-29)46-39-12-8-6-10-35(39)37-25-32(44(3)4)18-20-41(37)46/h5-25H,1-4H3. The van der Waals surface area contributed by atoms with Crippen molar-refractivity contribution in [3.05, 3.63) is 133 Å². The molecule has 0 aliphatic rings. The number of hydrogen-bond donors (Lipinski definition) is 0. The van der Waals surface area contributed by atoms with Crippen molar-refractivity contribution in [1.82, 2.24) is 9.13 Å². The van der Waals surface area contributed by atoms with Crippen LogP contribution < -0.4 is 9.80 Å². The second-order valence-electron chi connectivity index (χ2n) is 12.3. The van der Waals surface area contributed by atoms with E-state index in [2.05, 4.69) is 168 Å². The van der Waals surface area contributed by atoms with E-state index in [1.165, 1.54) is 38.3 Å². The van der Waals surface area contributed by atoms with Crippen molar-refractivity contribution in [2.24, 2.45) is 0 Å². The topological polar surface area (TPSA) is 40.1 Å². The molecule has 6 aromatic carbocycles. The van der Waals surface area contributed by atoms with E-state index in [1.54, 1.807) is 0 Å². The maximum Gasteiger partial charge on any atom is 0.0992 e. The molecule has 0 fully saturated rings. The van der Waals surface area contributed by atoms with Crippen LogP contribution in [0, 0.1) is 11.3 Å². The van der Waals surface area contributed by atoms with Crippen LogP contribution in [0.4, 0.5) is 11.4 Å². The smallest absolute Gasteiger partial charge is 0.0992 e. The Morgan fingerprint density at radius 2 is 0.957 bits per heavy atom. The summed E-state index contributed by atoms with van der Waals surface area (Å²) in [6, 6.07) is 47.6. The van der Waals surface area contributed by atoms with Crippen LogP contribution in [0.1, 0.15) is 5.56 Å². The van der Waals surface area contributed by atoms with Gasteiger partial charge < -0.3 is 18.9 Å². The van der Waals surface area contributed by atoms with E-state index in [-0.39, 0.29) is 0 Å². The highest BCUT2D eigenvalue weighted by Gasteiger charge is 2.16. The van der Waals surface area contributed by atoms with Gasteiger partial charge in [-0.2, -0.15) is 5.26 Å². The number of nitriles is 1. The first kappa shape index (κ1) is 27.6. The van der Waals surface area contributed by atoms with Gasteiger partial charge in [0.1, 0.15) is 0 Å². The first-order valence-corrected chi connectivity index (χ1v) is 15.5. The van der Waals surface area contributed by atoms with E-state index in [1.807, 2.05) is 12.1 Å². The number of fused-ring (bicyclic) bond motifs is 6. The molecule has 8 aromatic rings. The number of hydrogen-bond acceptors (Lipinski definition) is 3. The summed E-state index contributed by atoms with van der Waals surface area (Å²) in [7, 11) is 8.29. The molecule has 0 radical (unpaired) electrons. The van der Waals surface area contributed by atoms with Crippen LogP contribution in [-0.4, -0.2) is 37.3 Å². The van der Waals surface area contributed by atoms with Gasteiger partial charge in [-0.25, -0.2) is 0 Å². The molecule has 0 spiro atoms. The first-order valence-electron chi connectivity index (χ1n) is 15.5. The zero-order chi connectivity index (χ0) is 31.5. The Hall–Kier alpha value is -5.99. The zero-order valence-corrected chi connectivity index (χ0v) is 26.4. The lowest BCUT2D eigenvalue weighted by atomic mass is 10.0. The van der Waals surface area contributed by atoms with E-state index < -0.39 is 0 Å². The average Bonchev–Trinajstić information content (AvgIpc) is 3.60. The number of nitrogens with zero attached hydrogens (tertiary/aromatic N) is 5. The first-order chi connectivity index (χ1) is 22.4. The van der Waals surface area contributed by atoms with Crippen LogP contribution in [0.2, 0.25) is 0 Å². The summed E-state index contributed by atoms with van der Waals surface area (Å²) in [6.45, 7) is 0. The molecule has 0 unspecified atom stereocenters. The molecule has 0 saturated carbocycles. The third-order valence-corrected chi connectivity index (χ3v) is 9.11. The van der Waals surface area contributed by atoms with Crippen molar-refractivity contribution >= 4 is 55.0 Å². The van der Waals surface area contributed by atoms with Gasteiger partial charge in [0.2, 0.25) is 0 Å². The van der Waals surface area contributed by atoms with E-state index in [0.717, 1.165) is 39.2 Å². The van der Waals surface area contributed by atoms with Crippen molar-refractivity contribution < 1.29 is 0 Å². The molecule has 2 aromatic heterocycles. The maximum absolute atomic E-state index is 10.1. The minimum Gasteiger partial charge on any atom is -0.378 e. The lowest BCUT2D eigenvalue weighted by Gasteiger charge is -2.14. The highest BCUT2D eigenvalue weighted by Crippen LogP contribution is 2.37. The number of rotatable bonds is 5. The van der Waals surface area contributed by atoms with Gasteiger partial charge >= 0.3 is 0 Å². The Balaban J connectivity index is 1.27. The molecule has 5 nitrogen and oxygen atoms in total. The van der Waals surface area contributed by atoms with Crippen molar-refractivity contribution in [3.8, 4) is 28.6 Å². The molecule has 46 heavy (non-hydrogen) atoms. The predicted molar refractivity (Wildman–Crippen MR) is 194 cm³/mol. The van der Waals surface area contributed by atoms with Crippen molar-refractivity contribution in [2.45, 2.75) is 0 Å². The molecular formula is C41H33N5. The maximum atomic E-state index is 10.1. The van der Waals surface area contributed by atoms with E-state index >= 15 is 0 Å². The third kappa shape index (κ3) is 4.30. The van der Waals surface area contributed by atoms with Gasteiger partial charge in [-0.3, -0.25) is 0 Å². The molecule has 222 valence electrons. The molecule has 0 atom stereocenters. The average molecular weight is 596 g/mol. The second kappa shape index (κ2) is 10.6. The Morgan fingerprint density at radius 1 is 0.457 bits per heavy atom. The van der Waals surface area contributed by atoms with E-state index in [9.17, 15) is 5.26 Å². The summed E-state index contributed by atoms with van der Waals surface area (Å²) in [5.41, 5.74) is 11.7. The van der Waals surface area contributed by atoms with Gasteiger partial charge in [0, 0.05) is 72.5 Å². The van der Waals surface area contributed by atoms with Gasteiger partial charge in [0.15, 0.2) is 0 Å².